The van der Waals surface area contributed by atoms with E-state index < -0.39 is 0 Å². The lowest BCUT2D eigenvalue weighted by molar-refractivity contribution is 0.253. The van der Waals surface area contributed by atoms with Crippen molar-refractivity contribution in [2.45, 2.75) is 61.3 Å². The second kappa shape index (κ2) is 5.58. The molecular weight excluding hydrogens is 168 g/mol. The van der Waals surface area contributed by atoms with Gasteiger partial charge in [0.25, 0.3) is 0 Å². The molecule has 0 heterocycles. The first-order valence-electron chi connectivity index (χ1n) is 5.91. The lowest BCUT2D eigenvalue weighted by Gasteiger charge is -2.28. The molecule has 0 aliphatic rings. The summed E-state index contributed by atoms with van der Waals surface area (Å²) in [6.45, 7) is 16.2. The molecule has 0 aromatic heterocycles. The van der Waals surface area contributed by atoms with E-state index in [9.17, 15) is 0 Å². The van der Waals surface area contributed by atoms with Crippen LogP contribution in [0.3, 0.4) is 0 Å². The second-order valence-electron chi connectivity index (χ2n) is 6.00. The molecule has 0 rings (SSSR count). The summed E-state index contributed by atoms with van der Waals surface area (Å²) >= 11 is 0. The van der Waals surface area contributed by atoms with Crippen molar-refractivity contribution in [3.05, 3.63) is 11.6 Å². The van der Waals surface area contributed by atoms with Crippen molar-refractivity contribution in [2.75, 3.05) is 0 Å². The summed E-state index contributed by atoms with van der Waals surface area (Å²) in [5.41, 5.74) is 1.99. The minimum Gasteiger partial charge on any atom is -0.0851 e. The molecule has 0 atom stereocenters. The largest absolute Gasteiger partial charge is 0.0851 e. The van der Waals surface area contributed by atoms with Gasteiger partial charge >= 0.3 is 0 Å². The van der Waals surface area contributed by atoms with Gasteiger partial charge in [0, 0.05) is 0 Å². The maximum Gasteiger partial charge on any atom is -0.0294 e. The normalized spacial score (nSPS) is 14.2. The van der Waals surface area contributed by atoms with Crippen molar-refractivity contribution in [2.24, 2.45) is 17.3 Å². The summed E-state index contributed by atoms with van der Waals surface area (Å²) in [6, 6.07) is 0. The highest BCUT2D eigenvalue weighted by Crippen LogP contribution is 2.31. The molecule has 0 fully saturated rings. The van der Waals surface area contributed by atoms with E-state index in [1.807, 2.05) is 0 Å². The van der Waals surface area contributed by atoms with E-state index in [0.29, 0.717) is 5.41 Å². The molecule has 0 aromatic carbocycles. The SMILES string of the molecule is CC(=CCC(C)(C)C(C)C)CC(C)C. The van der Waals surface area contributed by atoms with Crippen LogP contribution in [0, 0.1) is 17.3 Å². The predicted molar refractivity (Wildman–Crippen MR) is 66.4 cm³/mol. The molecule has 0 spiro atoms. The van der Waals surface area contributed by atoms with Gasteiger partial charge in [0.05, 0.1) is 0 Å². The average molecular weight is 196 g/mol. The van der Waals surface area contributed by atoms with Crippen molar-refractivity contribution in [3.63, 3.8) is 0 Å². The highest BCUT2D eigenvalue weighted by atomic mass is 14.3. The Bertz CT molecular complexity index is 182. The highest BCUT2D eigenvalue weighted by molar-refractivity contribution is 5.00. The predicted octanol–water partition coefficient (Wildman–Crippen LogP) is 5.05. The molecule has 0 aromatic rings. The fraction of sp³-hybridized carbons (Fsp3) is 0.857. The van der Waals surface area contributed by atoms with Gasteiger partial charge in [-0.3, -0.25) is 0 Å². The minimum absolute atomic E-state index is 0.443. The first-order valence-corrected chi connectivity index (χ1v) is 5.91. The van der Waals surface area contributed by atoms with Crippen LogP contribution in [0.4, 0.5) is 0 Å². The average Bonchev–Trinajstić information content (AvgIpc) is 1.99. The summed E-state index contributed by atoms with van der Waals surface area (Å²) in [5, 5.41) is 0. The van der Waals surface area contributed by atoms with Crippen LogP contribution < -0.4 is 0 Å². The Balaban J connectivity index is 4.14. The van der Waals surface area contributed by atoms with Crippen LogP contribution in [-0.4, -0.2) is 0 Å². The Kier molecular flexibility index (Phi) is 5.48. The number of hydrogen-bond donors (Lipinski definition) is 0. The summed E-state index contributed by atoms with van der Waals surface area (Å²) in [6.07, 6.45) is 4.89. The fourth-order valence-electron chi connectivity index (χ4n) is 1.40. The monoisotopic (exact) mass is 196 g/mol. The standard InChI is InChI=1S/C14H28/c1-11(2)10-13(5)8-9-14(6,7)12(3)4/h8,11-12H,9-10H2,1-7H3. The third-order valence-corrected chi connectivity index (χ3v) is 3.27. The quantitative estimate of drug-likeness (QED) is 0.540. The van der Waals surface area contributed by atoms with Crippen LogP contribution >= 0.6 is 0 Å². The number of rotatable bonds is 5. The Morgan fingerprint density at radius 2 is 1.64 bits per heavy atom. The first-order chi connectivity index (χ1) is 6.25. The van der Waals surface area contributed by atoms with Gasteiger partial charge in [-0.1, -0.05) is 53.2 Å². The van der Waals surface area contributed by atoms with Crippen LogP contribution in [0.5, 0.6) is 0 Å². The molecule has 0 radical (unpaired) electrons. The fourth-order valence-corrected chi connectivity index (χ4v) is 1.40. The molecule has 0 unspecified atom stereocenters. The Hall–Kier alpha value is -0.260. The van der Waals surface area contributed by atoms with Gasteiger partial charge in [-0.25, -0.2) is 0 Å². The second-order valence-corrected chi connectivity index (χ2v) is 6.00. The maximum absolute atomic E-state index is 2.43. The molecule has 0 bridgehead atoms. The lowest BCUT2D eigenvalue weighted by Crippen LogP contribution is -2.18. The Labute approximate surface area is 90.8 Å². The lowest BCUT2D eigenvalue weighted by atomic mass is 9.78. The zero-order valence-electron chi connectivity index (χ0n) is 11.1. The highest BCUT2D eigenvalue weighted by Gasteiger charge is 2.20. The van der Waals surface area contributed by atoms with E-state index in [2.05, 4.69) is 54.5 Å². The smallest absolute Gasteiger partial charge is 0.0294 e. The number of hydrogen-bond acceptors (Lipinski definition) is 0. The number of allylic oxidation sites excluding steroid dienone is 2. The van der Waals surface area contributed by atoms with E-state index in [4.69, 9.17) is 0 Å². The molecule has 84 valence electrons. The van der Waals surface area contributed by atoms with Crippen molar-refractivity contribution in [1.29, 1.82) is 0 Å². The molecule has 0 aliphatic carbocycles. The van der Waals surface area contributed by atoms with Crippen LogP contribution in [0.1, 0.15) is 61.3 Å². The van der Waals surface area contributed by atoms with Gasteiger partial charge in [0.15, 0.2) is 0 Å². The van der Waals surface area contributed by atoms with E-state index in [-0.39, 0.29) is 0 Å². The van der Waals surface area contributed by atoms with Crippen LogP contribution in [0.2, 0.25) is 0 Å². The van der Waals surface area contributed by atoms with Crippen LogP contribution in [0.25, 0.3) is 0 Å². The molecule has 0 saturated heterocycles. The van der Waals surface area contributed by atoms with Gasteiger partial charge in [-0.15, -0.1) is 0 Å². The van der Waals surface area contributed by atoms with Crippen molar-refractivity contribution < 1.29 is 0 Å². The zero-order chi connectivity index (χ0) is 11.4. The molecular formula is C14H28. The van der Waals surface area contributed by atoms with Crippen LogP contribution in [0.15, 0.2) is 11.6 Å². The molecule has 14 heavy (non-hydrogen) atoms. The maximum atomic E-state index is 2.43. The summed E-state index contributed by atoms with van der Waals surface area (Å²) < 4.78 is 0. The minimum atomic E-state index is 0.443. The van der Waals surface area contributed by atoms with E-state index in [1.165, 1.54) is 12.8 Å². The van der Waals surface area contributed by atoms with E-state index >= 15 is 0 Å². The van der Waals surface area contributed by atoms with Gasteiger partial charge in [-0.2, -0.15) is 0 Å². The molecule has 0 aliphatic heterocycles. The van der Waals surface area contributed by atoms with Gasteiger partial charge in [-0.05, 0) is 37.0 Å². The summed E-state index contributed by atoms with van der Waals surface area (Å²) in [5.74, 6) is 1.54. The molecule has 0 amide bonds. The van der Waals surface area contributed by atoms with Crippen LogP contribution in [-0.2, 0) is 0 Å². The molecule has 0 N–H and O–H groups in total. The van der Waals surface area contributed by atoms with Crippen molar-refractivity contribution >= 4 is 0 Å². The molecule has 0 heteroatoms. The van der Waals surface area contributed by atoms with Crippen molar-refractivity contribution in [3.8, 4) is 0 Å². The third kappa shape index (κ3) is 5.47. The van der Waals surface area contributed by atoms with Gasteiger partial charge < -0.3 is 0 Å². The van der Waals surface area contributed by atoms with Gasteiger partial charge in [0.1, 0.15) is 0 Å². The van der Waals surface area contributed by atoms with E-state index in [0.717, 1.165) is 11.8 Å². The Morgan fingerprint density at radius 1 is 1.14 bits per heavy atom. The topological polar surface area (TPSA) is 0 Å². The third-order valence-electron chi connectivity index (χ3n) is 3.27. The zero-order valence-corrected chi connectivity index (χ0v) is 11.1. The summed E-state index contributed by atoms with van der Waals surface area (Å²) in [7, 11) is 0. The first kappa shape index (κ1) is 13.7. The van der Waals surface area contributed by atoms with Gasteiger partial charge in [0.2, 0.25) is 0 Å². The van der Waals surface area contributed by atoms with Crippen molar-refractivity contribution in [1.82, 2.24) is 0 Å². The molecule has 0 saturated carbocycles. The summed E-state index contributed by atoms with van der Waals surface area (Å²) in [4.78, 5) is 0. The Morgan fingerprint density at radius 3 is 2.00 bits per heavy atom. The molecule has 0 nitrogen and oxygen atoms in total. The van der Waals surface area contributed by atoms with E-state index in [1.54, 1.807) is 5.57 Å².